The maximum atomic E-state index is 12.4. The van der Waals surface area contributed by atoms with Crippen molar-refractivity contribution in [1.29, 1.82) is 0 Å². The third kappa shape index (κ3) is 2.48. The molecule has 5 nitrogen and oxygen atoms in total. The molecule has 2 aromatic rings. The van der Waals surface area contributed by atoms with Crippen LogP contribution in [0.25, 0.3) is 5.69 Å². The van der Waals surface area contributed by atoms with E-state index in [2.05, 4.69) is 27.4 Å². The number of aromatic nitrogens is 4. The first-order valence-electron chi connectivity index (χ1n) is 4.84. The number of alkyl halides is 3. The number of tetrazole rings is 1. The Morgan fingerprint density at radius 2 is 1.89 bits per heavy atom. The zero-order valence-electron chi connectivity index (χ0n) is 9.05. The summed E-state index contributed by atoms with van der Waals surface area (Å²) in [5, 5.41) is 10.8. The second-order valence-corrected chi connectivity index (χ2v) is 3.40. The minimum atomic E-state index is -4.36. The first-order chi connectivity index (χ1) is 8.52. The van der Waals surface area contributed by atoms with E-state index in [0.29, 0.717) is 11.5 Å². The molecule has 95 valence electrons. The first-order valence-corrected chi connectivity index (χ1v) is 4.84. The number of hydrogen-bond donors (Lipinski definition) is 0. The van der Waals surface area contributed by atoms with Gasteiger partial charge in [0.15, 0.2) is 5.82 Å². The Bertz CT molecular complexity index is 521. The molecule has 0 aliphatic heterocycles. The van der Waals surface area contributed by atoms with E-state index < -0.39 is 11.7 Å². The maximum Gasteiger partial charge on any atom is 0.416 e. The summed E-state index contributed by atoms with van der Waals surface area (Å²) in [5.74, 6) is 0.352. The van der Waals surface area contributed by atoms with E-state index in [1.165, 1.54) is 16.8 Å². The summed E-state index contributed by atoms with van der Waals surface area (Å²) in [7, 11) is 3.18. The zero-order valence-corrected chi connectivity index (χ0v) is 9.05. The number of nitrogens with zero attached hydrogens (tertiary/aromatic N) is 4. The summed E-state index contributed by atoms with van der Waals surface area (Å²) >= 11 is 0. The van der Waals surface area contributed by atoms with Gasteiger partial charge in [0.05, 0.1) is 18.4 Å². The average Bonchev–Trinajstić information content (AvgIpc) is 2.77. The molecule has 0 unspecified atom stereocenters. The number of rotatable bonds is 3. The van der Waals surface area contributed by atoms with Crippen molar-refractivity contribution in [2.45, 2.75) is 12.8 Å². The van der Waals surface area contributed by atoms with E-state index >= 15 is 0 Å². The number of hydrogen-bond acceptors (Lipinski definition) is 4. The van der Waals surface area contributed by atoms with Crippen LogP contribution in [0.2, 0.25) is 0 Å². The molecule has 8 heteroatoms. The molecule has 0 saturated carbocycles. The van der Waals surface area contributed by atoms with E-state index in [-0.39, 0.29) is 6.61 Å². The van der Waals surface area contributed by atoms with Crippen LogP contribution in [-0.2, 0) is 17.5 Å². The van der Waals surface area contributed by atoms with Gasteiger partial charge in [-0.1, -0.05) is 0 Å². The van der Waals surface area contributed by atoms with Crippen molar-refractivity contribution in [3.8, 4) is 5.69 Å². The van der Waals surface area contributed by atoms with Gasteiger partial charge in [0.25, 0.3) is 0 Å². The van der Waals surface area contributed by atoms with Crippen molar-refractivity contribution in [2.24, 2.45) is 0 Å². The highest BCUT2D eigenvalue weighted by atomic mass is 19.4. The highest BCUT2D eigenvalue weighted by Crippen LogP contribution is 2.29. The monoisotopic (exact) mass is 257 g/mol. The van der Waals surface area contributed by atoms with Gasteiger partial charge in [-0.2, -0.15) is 17.9 Å². The van der Waals surface area contributed by atoms with Gasteiger partial charge in [-0.3, -0.25) is 0 Å². The largest absolute Gasteiger partial charge is 0.416 e. The Labute approximate surface area is 100 Å². The first kappa shape index (κ1) is 12.5. The molecule has 0 atom stereocenters. The Morgan fingerprint density at radius 1 is 1.22 bits per heavy atom. The summed E-state index contributed by atoms with van der Waals surface area (Å²) in [6.45, 7) is 0.0635. The molecule has 2 rings (SSSR count). The van der Waals surface area contributed by atoms with Gasteiger partial charge in [-0.05, 0) is 34.7 Å². The van der Waals surface area contributed by atoms with Gasteiger partial charge in [-0.15, -0.1) is 5.10 Å². The Morgan fingerprint density at radius 3 is 2.44 bits per heavy atom. The Hall–Kier alpha value is -1.96. The van der Waals surface area contributed by atoms with Crippen LogP contribution in [0.3, 0.4) is 0 Å². The lowest BCUT2D eigenvalue weighted by atomic mass is 10.2. The molecule has 0 bridgehead atoms. The molecule has 0 saturated heterocycles. The second-order valence-electron chi connectivity index (χ2n) is 3.40. The summed E-state index contributed by atoms with van der Waals surface area (Å²) < 4.78 is 43.1. The van der Waals surface area contributed by atoms with Crippen LogP contribution in [-0.4, -0.2) is 20.2 Å². The lowest BCUT2D eigenvalue weighted by Crippen LogP contribution is -2.07. The minimum Gasteiger partial charge on any atom is -0.371 e. The van der Waals surface area contributed by atoms with Crippen molar-refractivity contribution in [3.63, 3.8) is 0 Å². The molecule has 1 heterocycles. The second kappa shape index (κ2) is 4.73. The fourth-order valence-electron chi connectivity index (χ4n) is 1.38. The van der Waals surface area contributed by atoms with Gasteiger partial charge in [0, 0.05) is 0 Å². The van der Waals surface area contributed by atoms with E-state index in [1.807, 2.05) is 0 Å². The van der Waals surface area contributed by atoms with E-state index in [0.717, 1.165) is 12.1 Å². The standard InChI is InChI=1S/C10H8F3N4O/c1-18-6-9-14-15-16-17(9)8-4-2-7(3-5-8)10(11,12)13/h2-5H,1,6H2. The summed E-state index contributed by atoms with van der Waals surface area (Å²) in [6, 6.07) is 4.50. The van der Waals surface area contributed by atoms with Crippen molar-refractivity contribution in [3.05, 3.63) is 42.8 Å². The molecule has 0 N–H and O–H groups in total. The predicted molar refractivity (Wildman–Crippen MR) is 54.3 cm³/mol. The van der Waals surface area contributed by atoms with Gasteiger partial charge >= 0.3 is 6.18 Å². The number of benzene rings is 1. The van der Waals surface area contributed by atoms with Gasteiger partial charge in [0.2, 0.25) is 0 Å². The fraction of sp³-hybridized carbons (Fsp3) is 0.200. The van der Waals surface area contributed by atoms with Gasteiger partial charge in [-0.25, -0.2) is 0 Å². The molecule has 0 aliphatic carbocycles. The topological polar surface area (TPSA) is 52.8 Å². The molecule has 18 heavy (non-hydrogen) atoms. The van der Waals surface area contributed by atoms with Crippen molar-refractivity contribution in [2.75, 3.05) is 0 Å². The predicted octanol–water partition coefficient (Wildman–Crippen LogP) is 1.99. The third-order valence-electron chi connectivity index (χ3n) is 2.20. The van der Waals surface area contributed by atoms with Gasteiger partial charge in [0.1, 0.15) is 6.61 Å². The summed E-state index contributed by atoms with van der Waals surface area (Å²) in [5.41, 5.74) is -0.311. The van der Waals surface area contributed by atoms with Crippen molar-refractivity contribution in [1.82, 2.24) is 20.2 Å². The van der Waals surface area contributed by atoms with Crippen LogP contribution in [0.1, 0.15) is 11.4 Å². The SMILES string of the molecule is [CH2]OCc1nnnn1-c1ccc(C(F)(F)F)cc1. The molecule has 0 spiro atoms. The molecular formula is C10H8F3N4O. The van der Waals surface area contributed by atoms with Crippen molar-refractivity contribution >= 4 is 0 Å². The molecule has 1 radical (unpaired) electrons. The molecule has 0 aliphatic rings. The van der Waals surface area contributed by atoms with Crippen LogP contribution >= 0.6 is 0 Å². The molecular weight excluding hydrogens is 249 g/mol. The Balaban J connectivity index is 2.32. The number of ether oxygens (including phenoxy) is 1. The molecule has 1 aromatic carbocycles. The average molecular weight is 257 g/mol. The third-order valence-corrected chi connectivity index (χ3v) is 2.20. The smallest absolute Gasteiger partial charge is 0.371 e. The molecule has 0 amide bonds. The van der Waals surface area contributed by atoms with Crippen LogP contribution < -0.4 is 0 Å². The summed E-state index contributed by atoms with van der Waals surface area (Å²) in [4.78, 5) is 0. The van der Waals surface area contributed by atoms with E-state index in [1.54, 1.807) is 0 Å². The fourth-order valence-corrected chi connectivity index (χ4v) is 1.38. The number of halogens is 3. The lowest BCUT2D eigenvalue weighted by molar-refractivity contribution is -0.137. The van der Waals surface area contributed by atoms with E-state index in [9.17, 15) is 13.2 Å². The summed E-state index contributed by atoms with van der Waals surface area (Å²) in [6.07, 6.45) is -4.36. The minimum absolute atomic E-state index is 0.0635. The highest BCUT2D eigenvalue weighted by Gasteiger charge is 2.30. The van der Waals surface area contributed by atoms with E-state index in [4.69, 9.17) is 0 Å². The quantitative estimate of drug-likeness (QED) is 0.843. The van der Waals surface area contributed by atoms with Crippen LogP contribution in [0.5, 0.6) is 0 Å². The van der Waals surface area contributed by atoms with Crippen LogP contribution in [0.15, 0.2) is 24.3 Å². The van der Waals surface area contributed by atoms with Crippen LogP contribution in [0, 0.1) is 7.11 Å². The normalized spacial score (nSPS) is 11.8. The van der Waals surface area contributed by atoms with Crippen molar-refractivity contribution < 1.29 is 17.9 Å². The lowest BCUT2D eigenvalue weighted by Gasteiger charge is -2.08. The Kier molecular flexibility index (Phi) is 3.28. The maximum absolute atomic E-state index is 12.4. The molecule has 0 fully saturated rings. The molecule has 1 aromatic heterocycles. The highest BCUT2D eigenvalue weighted by molar-refractivity contribution is 5.35. The van der Waals surface area contributed by atoms with Crippen LogP contribution in [0.4, 0.5) is 13.2 Å². The zero-order chi connectivity index (χ0) is 13.2. The van der Waals surface area contributed by atoms with Gasteiger partial charge < -0.3 is 4.74 Å².